The van der Waals surface area contributed by atoms with Crippen molar-refractivity contribution in [1.29, 1.82) is 5.26 Å². The van der Waals surface area contributed by atoms with Crippen molar-refractivity contribution in [2.24, 2.45) is 5.73 Å². The summed E-state index contributed by atoms with van der Waals surface area (Å²) in [5.41, 5.74) is 6.38. The van der Waals surface area contributed by atoms with E-state index in [-0.39, 0.29) is 37.3 Å². The molecule has 0 saturated carbocycles. The summed E-state index contributed by atoms with van der Waals surface area (Å²) < 4.78 is 18.6. The van der Waals surface area contributed by atoms with Gasteiger partial charge in [0.1, 0.15) is 11.6 Å². The first-order valence-corrected chi connectivity index (χ1v) is 6.32. The van der Waals surface area contributed by atoms with Gasteiger partial charge in [0, 0.05) is 18.7 Å². The van der Waals surface area contributed by atoms with E-state index in [0.29, 0.717) is 6.42 Å². The van der Waals surface area contributed by atoms with Gasteiger partial charge in [0.2, 0.25) is 0 Å². The predicted molar refractivity (Wildman–Crippen MR) is 72.5 cm³/mol. The Balaban J connectivity index is 2.53. The van der Waals surface area contributed by atoms with Crippen molar-refractivity contribution in [3.63, 3.8) is 0 Å². The second-order valence-electron chi connectivity index (χ2n) is 4.52. The molecule has 0 heterocycles. The lowest BCUT2D eigenvalue weighted by Gasteiger charge is -2.10. The first-order chi connectivity index (χ1) is 9.51. The third kappa shape index (κ3) is 6.16. The number of halogens is 1. The van der Waals surface area contributed by atoms with Crippen LogP contribution in [0.3, 0.4) is 0 Å². The Hall–Kier alpha value is -2.13. The molecular formula is C14H18FN3O2. The van der Waals surface area contributed by atoms with Gasteiger partial charge in [0.25, 0.3) is 5.91 Å². The van der Waals surface area contributed by atoms with E-state index in [0.717, 1.165) is 5.56 Å². The zero-order chi connectivity index (χ0) is 15.0. The van der Waals surface area contributed by atoms with E-state index in [1.165, 1.54) is 12.1 Å². The molecule has 1 unspecified atom stereocenters. The quantitative estimate of drug-likeness (QED) is 0.732. The molecule has 6 heteroatoms. The van der Waals surface area contributed by atoms with Gasteiger partial charge in [-0.1, -0.05) is 0 Å². The zero-order valence-corrected chi connectivity index (χ0v) is 11.4. The number of carbonyl (C=O) groups is 1. The molecule has 0 aliphatic rings. The number of hydrogen-bond acceptors (Lipinski definition) is 4. The van der Waals surface area contributed by atoms with E-state index in [1.807, 2.05) is 13.0 Å². The van der Waals surface area contributed by atoms with Gasteiger partial charge < -0.3 is 15.8 Å². The molecule has 0 saturated heterocycles. The topological polar surface area (TPSA) is 88.1 Å². The van der Waals surface area contributed by atoms with Crippen LogP contribution in [0.2, 0.25) is 0 Å². The SMILES string of the molecule is CC(N)Cc1cc(F)cc(OCC(=O)NCCC#N)c1. The van der Waals surface area contributed by atoms with Crippen molar-refractivity contribution in [1.82, 2.24) is 5.32 Å². The van der Waals surface area contributed by atoms with E-state index in [2.05, 4.69) is 5.32 Å². The van der Waals surface area contributed by atoms with Gasteiger partial charge in [-0.25, -0.2) is 4.39 Å². The van der Waals surface area contributed by atoms with Crippen molar-refractivity contribution >= 4 is 5.91 Å². The molecule has 5 nitrogen and oxygen atoms in total. The summed E-state index contributed by atoms with van der Waals surface area (Å²) in [4.78, 5) is 11.4. The van der Waals surface area contributed by atoms with Gasteiger partial charge in [0.15, 0.2) is 6.61 Å². The maximum Gasteiger partial charge on any atom is 0.257 e. The predicted octanol–water partition coefficient (Wildman–Crippen LogP) is 1.12. The van der Waals surface area contributed by atoms with Crippen LogP contribution >= 0.6 is 0 Å². The summed E-state index contributed by atoms with van der Waals surface area (Å²) in [7, 11) is 0. The third-order valence-electron chi connectivity index (χ3n) is 2.42. The van der Waals surface area contributed by atoms with Crippen molar-refractivity contribution in [3.05, 3.63) is 29.6 Å². The van der Waals surface area contributed by atoms with Crippen LogP contribution in [0.5, 0.6) is 5.75 Å². The number of amides is 1. The average Bonchev–Trinajstić information content (AvgIpc) is 2.35. The van der Waals surface area contributed by atoms with E-state index in [1.54, 1.807) is 6.07 Å². The van der Waals surface area contributed by atoms with Gasteiger partial charge in [-0.3, -0.25) is 4.79 Å². The summed E-state index contributed by atoms with van der Waals surface area (Å²) in [6.45, 7) is 1.89. The number of nitrogens with two attached hydrogens (primary N) is 1. The molecule has 0 fully saturated rings. The largest absolute Gasteiger partial charge is 0.484 e. The molecule has 1 rings (SSSR count). The minimum absolute atomic E-state index is 0.0843. The molecule has 0 aliphatic carbocycles. The monoisotopic (exact) mass is 279 g/mol. The molecule has 108 valence electrons. The van der Waals surface area contributed by atoms with Gasteiger partial charge in [-0.2, -0.15) is 5.26 Å². The molecular weight excluding hydrogens is 261 g/mol. The van der Waals surface area contributed by atoms with Gasteiger partial charge in [0.05, 0.1) is 12.5 Å². The highest BCUT2D eigenvalue weighted by Gasteiger charge is 2.06. The van der Waals surface area contributed by atoms with E-state index < -0.39 is 5.82 Å². The van der Waals surface area contributed by atoms with Crippen molar-refractivity contribution in [2.45, 2.75) is 25.8 Å². The fourth-order valence-corrected chi connectivity index (χ4v) is 1.65. The van der Waals surface area contributed by atoms with Crippen LogP contribution < -0.4 is 15.8 Å². The standard InChI is InChI=1S/C14H18FN3O2/c1-10(17)5-11-6-12(15)8-13(7-11)20-9-14(19)18-4-2-3-16/h6-8,10H,2,4-5,9,17H2,1H3,(H,18,19). The second-order valence-corrected chi connectivity index (χ2v) is 4.52. The molecule has 3 N–H and O–H groups in total. The Morgan fingerprint density at radius 2 is 2.30 bits per heavy atom. The van der Waals surface area contributed by atoms with Crippen LogP contribution in [0, 0.1) is 17.1 Å². The summed E-state index contributed by atoms with van der Waals surface area (Å²) in [5.74, 6) is -0.489. The van der Waals surface area contributed by atoms with Crippen molar-refractivity contribution < 1.29 is 13.9 Å². The smallest absolute Gasteiger partial charge is 0.257 e. The Morgan fingerprint density at radius 1 is 1.55 bits per heavy atom. The molecule has 0 spiro atoms. The van der Waals surface area contributed by atoms with Crippen molar-refractivity contribution in [2.75, 3.05) is 13.2 Å². The number of nitriles is 1. The minimum Gasteiger partial charge on any atom is -0.484 e. The highest BCUT2D eigenvalue weighted by molar-refractivity contribution is 5.77. The second kappa shape index (κ2) is 8.12. The van der Waals surface area contributed by atoms with Gasteiger partial charge in [-0.15, -0.1) is 0 Å². The first kappa shape index (κ1) is 15.9. The van der Waals surface area contributed by atoms with Crippen LogP contribution in [0.15, 0.2) is 18.2 Å². The number of nitrogens with one attached hydrogen (secondary N) is 1. The normalized spacial score (nSPS) is 11.5. The maximum atomic E-state index is 13.4. The highest BCUT2D eigenvalue weighted by atomic mass is 19.1. The highest BCUT2D eigenvalue weighted by Crippen LogP contribution is 2.17. The lowest BCUT2D eigenvalue weighted by Crippen LogP contribution is -2.29. The summed E-state index contributed by atoms with van der Waals surface area (Å²) in [6.07, 6.45) is 0.771. The summed E-state index contributed by atoms with van der Waals surface area (Å²) in [5, 5.41) is 10.9. The Bertz CT molecular complexity index is 498. The molecule has 1 aromatic carbocycles. The third-order valence-corrected chi connectivity index (χ3v) is 2.42. The molecule has 1 amide bonds. The molecule has 0 aliphatic heterocycles. The maximum absolute atomic E-state index is 13.4. The van der Waals surface area contributed by atoms with Gasteiger partial charge in [-0.05, 0) is 31.0 Å². The fraction of sp³-hybridized carbons (Fsp3) is 0.429. The average molecular weight is 279 g/mol. The lowest BCUT2D eigenvalue weighted by molar-refractivity contribution is -0.123. The minimum atomic E-state index is -0.428. The summed E-state index contributed by atoms with van der Waals surface area (Å²) in [6, 6.07) is 6.10. The fourth-order valence-electron chi connectivity index (χ4n) is 1.65. The Morgan fingerprint density at radius 3 is 2.95 bits per heavy atom. The number of carbonyl (C=O) groups excluding carboxylic acids is 1. The molecule has 0 radical (unpaired) electrons. The van der Waals surface area contributed by atoms with E-state index in [4.69, 9.17) is 15.7 Å². The van der Waals surface area contributed by atoms with Crippen LogP contribution in [-0.2, 0) is 11.2 Å². The lowest BCUT2D eigenvalue weighted by atomic mass is 10.1. The Kier molecular flexibility index (Phi) is 6.47. The Labute approximate surface area is 117 Å². The molecule has 1 aromatic rings. The molecule has 20 heavy (non-hydrogen) atoms. The number of rotatable bonds is 7. The number of nitrogens with zero attached hydrogens (tertiary/aromatic N) is 1. The zero-order valence-electron chi connectivity index (χ0n) is 11.4. The summed E-state index contributed by atoms with van der Waals surface area (Å²) >= 11 is 0. The van der Waals surface area contributed by atoms with E-state index >= 15 is 0 Å². The van der Waals surface area contributed by atoms with Crippen LogP contribution in [0.25, 0.3) is 0 Å². The van der Waals surface area contributed by atoms with E-state index in [9.17, 15) is 9.18 Å². The molecule has 0 bridgehead atoms. The van der Waals surface area contributed by atoms with Crippen LogP contribution in [-0.4, -0.2) is 25.1 Å². The number of ether oxygens (including phenoxy) is 1. The van der Waals surface area contributed by atoms with Crippen LogP contribution in [0.1, 0.15) is 18.9 Å². The number of hydrogen-bond donors (Lipinski definition) is 2. The van der Waals surface area contributed by atoms with Gasteiger partial charge >= 0.3 is 0 Å². The first-order valence-electron chi connectivity index (χ1n) is 6.32. The van der Waals surface area contributed by atoms with Crippen LogP contribution in [0.4, 0.5) is 4.39 Å². The number of benzene rings is 1. The molecule has 1 atom stereocenters. The van der Waals surface area contributed by atoms with Crippen molar-refractivity contribution in [3.8, 4) is 11.8 Å². The molecule has 0 aromatic heterocycles.